The highest BCUT2D eigenvalue weighted by Crippen LogP contribution is 2.46. The Bertz CT molecular complexity index is 1770. The van der Waals surface area contributed by atoms with Gasteiger partial charge in [-0.25, -0.2) is 0 Å². The van der Waals surface area contributed by atoms with Crippen molar-refractivity contribution >= 4 is 76.3 Å². The van der Waals surface area contributed by atoms with Crippen LogP contribution in [0, 0.1) is 0 Å². The molecule has 0 bridgehead atoms. The molecule has 0 saturated carbocycles. The topological polar surface area (TPSA) is 76.1 Å². The second-order valence-electron chi connectivity index (χ2n) is 12.1. The maximum atomic E-state index is 13.4. The van der Waals surface area contributed by atoms with Crippen LogP contribution in [0.1, 0.15) is 44.4 Å². The molecule has 2 N–H and O–H groups in total. The molecule has 0 spiro atoms. The zero-order valence-electron chi connectivity index (χ0n) is 23.1. The Kier molecular flexibility index (Phi) is 6.42. The molecule has 0 saturated heterocycles. The highest BCUT2D eigenvalue weighted by molar-refractivity contribution is 6.74. The molecule has 0 radical (unpaired) electrons. The van der Waals surface area contributed by atoms with E-state index < -0.39 is 20.1 Å². The van der Waals surface area contributed by atoms with Gasteiger partial charge >= 0.3 is 0 Å². The lowest BCUT2D eigenvalue weighted by molar-refractivity contribution is -0.122. The van der Waals surface area contributed by atoms with Crippen LogP contribution in [-0.2, 0) is 14.0 Å². The predicted octanol–water partition coefficient (Wildman–Crippen LogP) is 7.89. The number of aromatic nitrogens is 2. The number of allylic oxidation sites excluding steroid dienone is 1. The number of carbonyl (C=O) groups is 2. The standard InChI is InChI=1S/C31H31Cl2N3O3Si/c1-31(2,3)40(4,5)39-19-12-11-18(15-19)36-24-14-17(32)10-13-21(24)25(28(36)33)27-26(29(37)35-30(27)38)22-16-34-23-9-7-6-8-20(22)23/h6-14,16,18-19,34H,15H2,1-5H3,(H,35,37,38)/t18-,19+/m1/s1. The third kappa shape index (κ3) is 4.27. The molecule has 9 heteroatoms. The summed E-state index contributed by atoms with van der Waals surface area (Å²) in [4.78, 5) is 29.8. The lowest BCUT2D eigenvalue weighted by atomic mass is 9.95. The molecule has 1 aliphatic carbocycles. The van der Waals surface area contributed by atoms with E-state index in [1.165, 1.54) is 0 Å². The Hall–Kier alpha value is -3.10. The molecule has 4 aromatic rings. The van der Waals surface area contributed by atoms with E-state index >= 15 is 0 Å². The van der Waals surface area contributed by atoms with Gasteiger partial charge in [0.2, 0.25) is 0 Å². The quantitative estimate of drug-likeness (QED) is 0.141. The molecule has 2 aliphatic rings. The number of rotatable bonds is 5. The minimum absolute atomic E-state index is 0.0422. The lowest BCUT2D eigenvalue weighted by Gasteiger charge is -2.38. The van der Waals surface area contributed by atoms with Crippen molar-refractivity contribution in [2.45, 2.75) is 57.5 Å². The highest BCUT2D eigenvalue weighted by Gasteiger charge is 2.41. The van der Waals surface area contributed by atoms with Crippen molar-refractivity contribution in [3.05, 3.63) is 82.1 Å². The number of imide groups is 1. The van der Waals surface area contributed by atoms with E-state index in [0.29, 0.717) is 33.3 Å². The Morgan fingerprint density at radius 2 is 1.70 bits per heavy atom. The second-order valence-corrected chi connectivity index (χ2v) is 17.6. The Morgan fingerprint density at radius 1 is 0.975 bits per heavy atom. The first-order valence-electron chi connectivity index (χ1n) is 13.4. The molecule has 6 rings (SSSR count). The molecular weight excluding hydrogens is 561 g/mol. The largest absolute Gasteiger partial charge is 0.410 e. The zero-order valence-corrected chi connectivity index (χ0v) is 25.6. The summed E-state index contributed by atoms with van der Waals surface area (Å²) in [7, 11) is -1.99. The number of hydrogen-bond donors (Lipinski definition) is 2. The summed E-state index contributed by atoms with van der Waals surface area (Å²) in [5.41, 5.74) is 3.43. The van der Waals surface area contributed by atoms with Crippen LogP contribution in [0.4, 0.5) is 0 Å². The minimum Gasteiger partial charge on any atom is -0.410 e. The molecule has 2 amide bonds. The summed E-state index contributed by atoms with van der Waals surface area (Å²) in [6, 6.07) is 13.1. The molecule has 2 aromatic carbocycles. The van der Waals surface area contributed by atoms with Gasteiger partial charge in [0.25, 0.3) is 11.8 Å². The van der Waals surface area contributed by atoms with Crippen LogP contribution in [0.3, 0.4) is 0 Å². The van der Waals surface area contributed by atoms with Crippen molar-refractivity contribution in [3.63, 3.8) is 0 Å². The molecule has 2 aromatic heterocycles. The maximum absolute atomic E-state index is 13.4. The molecular formula is C31H31Cl2N3O3Si. The van der Waals surface area contributed by atoms with Crippen LogP contribution in [0.25, 0.3) is 33.0 Å². The fourth-order valence-corrected chi connectivity index (χ4v) is 7.39. The average Bonchev–Trinajstić information content (AvgIpc) is 3.62. The van der Waals surface area contributed by atoms with E-state index in [9.17, 15) is 9.59 Å². The van der Waals surface area contributed by atoms with E-state index in [0.717, 1.165) is 21.8 Å². The SMILES string of the molecule is CC(C)(C)[Si](C)(C)O[C@H]1C=C[C@@H](n2c(Cl)c(C3=C(c4c[nH]c5ccccc45)C(=O)NC3=O)c3ccc(Cl)cc32)C1. The maximum Gasteiger partial charge on any atom is 0.259 e. The number of carbonyl (C=O) groups excluding carboxylic acids is 2. The zero-order chi connectivity index (χ0) is 28.6. The number of nitrogens with zero attached hydrogens (tertiary/aromatic N) is 1. The number of halogens is 2. The van der Waals surface area contributed by atoms with Gasteiger partial charge in [-0.15, -0.1) is 0 Å². The molecule has 40 heavy (non-hydrogen) atoms. The van der Waals surface area contributed by atoms with Crippen LogP contribution in [0.15, 0.2) is 60.8 Å². The van der Waals surface area contributed by atoms with Gasteiger partial charge in [-0.3, -0.25) is 14.9 Å². The monoisotopic (exact) mass is 591 g/mol. The molecule has 0 unspecified atom stereocenters. The molecule has 206 valence electrons. The number of benzene rings is 2. The summed E-state index contributed by atoms with van der Waals surface area (Å²) >= 11 is 13.7. The summed E-state index contributed by atoms with van der Waals surface area (Å²) < 4.78 is 8.70. The van der Waals surface area contributed by atoms with Crippen LogP contribution >= 0.6 is 23.2 Å². The highest BCUT2D eigenvalue weighted by atomic mass is 35.5. The fourth-order valence-electron chi connectivity index (χ4n) is 5.53. The molecule has 6 nitrogen and oxygen atoms in total. The van der Waals surface area contributed by atoms with E-state index in [1.807, 2.05) is 41.0 Å². The lowest BCUT2D eigenvalue weighted by Crippen LogP contribution is -2.43. The second kappa shape index (κ2) is 9.48. The van der Waals surface area contributed by atoms with Crippen molar-refractivity contribution in [3.8, 4) is 0 Å². The number of para-hydroxylation sites is 1. The summed E-state index contributed by atoms with van der Waals surface area (Å²) in [5.74, 6) is -0.915. The van der Waals surface area contributed by atoms with Crippen LogP contribution in [-0.4, -0.2) is 35.8 Å². The van der Waals surface area contributed by atoms with Crippen molar-refractivity contribution < 1.29 is 14.0 Å². The average molecular weight is 593 g/mol. The normalized spacial score (nSPS) is 20.0. The van der Waals surface area contributed by atoms with Gasteiger partial charge in [-0.05, 0) is 36.3 Å². The van der Waals surface area contributed by atoms with Crippen molar-refractivity contribution in [2.75, 3.05) is 0 Å². The number of amides is 2. The first-order valence-corrected chi connectivity index (χ1v) is 17.1. The van der Waals surface area contributed by atoms with Crippen LogP contribution in [0.2, 0.25) is 28.3 Å². The van der Waals surface area contributed by atoms with E-state index in [1.54, 1.807) is 12.3 Å². The number of fused-ring (bicyclic) bond motifs is 2. The molecule has 0 fully saturated rings. The Balaban J connectivity index is 1.51. The Morgan fingerprint density at radius 3 is 2.45 bits per heavy atom. The van der Waals surface area contributed by atoms with Crippen LogP contribution in [0.5, 0.6) is 0 Å². The van der Waals surface area contributed by atoms with Gasteiger partial charge in [0.15, 0.2) is 8.32 Å². The summed E-state index contributed by atoms with van der Waals surface area (Å²) in [6.07, 6.45) is 6.66. The van der Waals surface area contributed by atoms with E-state index in [4.69, 9.17) is 27.6 Å². The smallest absolute Gasteiger partial charge is 0.259 e. The third-order valence-corrected chi connectivity index (χ3v) is 13.7. The first-order chi connectivity index (χ1) is 18.9. The van der Waals surface area contributed by atoms with Crippen molar-refractivity contribution in [1.29, 1.82) is 0 Å². The number of nitrogens with one attached hydrogen (secondary N) is 2. The minimum atomic E-state index is -1.99. The predicted molar refractivity (Wildman–Crippen MR) is 165 cm³/mol. The van der Waals surface area contributed by atoms with Gasteiger partial charge < -0.3 is 14.0 Å². The molecule has 2 atom stereocenters. The van der Waals surface area contributed by atoms with Crippen molar-refractivity contribution in [1.82, 2.24) is 14.9 Å². The van der Waals surface area contributed by atoms with Gasteiger partial charge in [-0.2, -0.15) is 0 Å². The molecule has 1 aliphatic heterocycles. The molecule has 3 heterocycles. The van der Waals surface area contributed by atoms with Gasteiger partial charge in [0, 0.05) is 45.1 Å². The number of H-pyrrole nitrogens is 1. The number of hydrogen-bond acceptors (Lipinski definition) is 3. The third-order valence-electron chi connectivity index (χ3n) is 8.55. The summed E-state index contributed by atoms with van der Waals surface area (Å²) in [6.45, 7) is 11.2. The van der Waals surface area contributed by atoms with E-state index in [-0.39, 0.29) is 22.8 Å². The first kappa shape index (κ1) is 27.1. The van der Waals surface area contributed by atoms with Crippen LogP contribution < -0.4 is 5.32 Å². The van der Waals surface area contributed by atoms with Crippen molar-refractivity contribution in [2.24, 2.45) is 0 Å². The van der Waals surface area contributed by atoms with E-state index in [2.05, 4.69) is 56.3 Å². The Labute approximate surface area is 244 Å². The van der Waals surface area contributed by atoms with Gasteiger partial charge in [-0.1, -0.05) is 80.4 Å². The van der Waals surface area contributed by atoms with Gasteiger partial charge in [0.1, 0.15) is 5.15 Å². The fraction of sp³-hybridized carbons (Fsp3) is 0.290. The number of aromatic amines is 1. The van der Waals surface area contributed by atoms with Gasteiger partial charge in [0.05, 0.1) is 28.8 Å². The summed E-state index contributed by atoms with van der Waals surface area (Å²) in [5, 5.41) is 5.15.